The standard InChI is InChI=1S/C10H16N4O3/c1-17-3-2-12-9(15)6-14-10(16)8-4-7(11)5-13-8/h4-5,13H,2-3,6,11H2,1H3,(H,12,15)(H,14,16). The van der Waals surface area contributed by atoms with Gasteiger partial charge >= 0.3 is 0 Å². The average Bonchev–Trinajstić information content (AvgIpc) is 2.73. The minimum atomic E-state index is -0.372. The summed E-state index contributed by atoms with van der Waals surface area (Å²) >= 11 is 0. The molecule has 0 aliphatic carbocycles. The Kier molecular flexibility index (Phi) is 5.02. The monoisotopic (exact) mass is 240 g/mol. The summed E-state index contributed by atoms with van der Waals surface area (Å²) in [5.41, 5.74) is 6.25. The second-order valence-corrected chi connectivity index (χ2v) is 3.37. The van der Waals surface area contributed by atoms with E-state index >= 15 is 0 Å². The smallest absolute Gasteiger partial charge is 0.268 e. The molecule has 2 amide bonds. The molecule has 0 atom stereocenters. The van der Waals surface area contributed by atoms with Gasteiger partial charge < -0.3 is 26.1 Å². The quantitative estimate of drug-likeness (QED) is 0.482. The maximum atomic E-state index is 11.5. The second kappa shape index (κ2) is 6.54. The number of nitrogens with one attached hydrogen (secondary N) is 3. The third-order valence-electron chi connectivity index (χ3n) is 1.99. The maximum Gasteiger partial charge on any atom is 0.268 e. The van der Waals surface area contributed by atoms with Crippen molar-refractivity contribution in [3.63, 3.8) is 0 Å². The highest BCUT2D eigenvalue weighted by molar-refractivity contribution is 5.95. The number of hydrogen-bond acceptors (Lipinski definition) is 4. The molecule has 0 aliphatic heterocycles. The van der Waals surface area contributed by atoms with Crippen molar-refractivity contribution in [2.45, 2.75) is 0 Å². The number of nitrogen functional groups attached to an aromatic ring is 1. The molecule has 0 bridgehead atoms. The summed E-state index contributed by atoms with van der Waals surface area (Å²) in [6.45, 7) is 0.773. The fraction of sp³-hybridized carbons (Fsp3) is 0.400. The van der Waals surface area contributed by atoms with E-state index in [-0.39, 0.29) is 18.4 Å². The summed E-state index contributed by atoms with van der Waals surface area (Å²) in [5, 5.41) is 5.04. The van der Waals surface area contributed by atoms with Crippen LogP contribution in [0.25, 0.3) is 0 Å². The van der Waals surface area contributed by atoms with Crippen molar-refractivity contribution in [1.82, 2.24) is 15.6 Å². The first-order valence-electron chi connectivity index (χ1n) is 5.11. The number of amides is 2. The molecule has 1 aromatic heterocycles. The Labute approximate surface area is 98.7 Å². The van der Waals surface area contributed by atoms with Crippen LogP contribution >= 0.6 is 0 Å². The summed E-state index contributed by atoms with van der Waals surface area (Å²) in [6, 6.07) is 1.50. The molecule has 5 N–H and O–H groups in total. The van der Waals surface area contributed by atoms with Gasteiger partial charge in [0.1, 0.15) is 5.69 Å². The Morgan fingerprint density at radius 1 is 1.47 bits per heavy atom. The molecule has 0 saturated heterocycles. The van der Waals surface area contributed by atoms with Crippen LogP contribution in [0.2, 0.25) is 0 Å². The minimum Gasteiger partial charge on any atom is -0.397 e. The molecule has 1 aromatic rings. The van der Waals surface area contributed by atoms with Crippen LogP contribution < -0.4 is 16.4 Å². The Morgan fingerprint density at radius 3 is 2.82 bits per heavy atom. The third-order valence-corrected chi connectivity index (χ3v) is 1.99. The van der Waals surface area contributed by atoms with Crippen LogP contribution in [0.15, 0.2) is 12.3 Å². The molecule has 0 aromatic carbocycles. The summed E-state index contributed by atoms with van der Waals surface area (Å²) in [4.78, 5) is 25.4. The molecule has 0 spiro atoms. The average molecular weight is 240 g/mol. The van der Waals surface area contributed by atoms with Crippen LogP contribution in [-0.2, 0) is 9.53 Å². The lowest BCUT2D eigenvalue weighted by atomic mass is 10.4. The number of anilines is 1. The molecule has 0 saturated carbocycles. The topological polar surface area (TPSA) is 109 Å². The number of ether oxygens (including phenoxy) is 1. The maximum absolute atomic E-state index is 11.5. The fourth-order valence-electron chi connectivity index (χ4n) is 1.15. The van der Waals surface area contributed by atoms with Crippen LogP contribution in [0.1, 0.15) is 10.5 Å². The lowest BCUT2D eigenvalue weighted by Gasteiger charge is -2.05. The fourth-order valence-corrected chi connectivity index (χ4v) is 1.15. The molecule has 1 rings (SSSR count). The predicted molar refractivity (Wildman–Crippen MR) is 62.4 cm³/mol. The van der Waals surface area contributed by atoms with Crippen LogP contribution in [0.4, 0.5) is 5.69 Å². The van der Waals surface area contributed by atoms with Gasteiger partial charge in [-0.2, -0.15) is 0 Å². The zero-order chi connectivity index (χ0) is 12.7. The highest BCUT2D eigenvalue weighted by Crippen LogP contribution is 2.03. The van der Waals surface area contributed by atoms with Gasteiger partial charge in [0.05, 0.1) is 13.2 Å². The van der Waals surface area contributed by atoms with E-state index in [2.05, 4.69) is 15.6 Å². The van der Waals surface area contributed by atoms with E-state index in [1.165, 1.54) is 12.3 Å². The Hall–Kier alpha value is -2.02. The number of aromatic nitrogens is 1. The molecule has 94 valence electrons. The van der Waals surface area contributed by atoms with Gasteiger partial charge in [0.25, 0.3) is 5.91 Å². The van der Waals surface area contributed by atoms with Gasteiger partial charge in [-0.25, -0.2) is 0 Å². The summed E-state index contributed by atoms with van der Waals surface area (Å²) in [6.07, 6.45) is 1.51. The van der Waals surface area contributed by atoms with Gasteiger partial charge in [0.15, 0.2) is 0 Å². The number of methoxy groups -OCH3 is 1. The van der Waals surface area contributed by atoms with Crippen LogP contribution in [0.3, 0.4) is 0 Å². The molecule has 0 unspecified atom stereocenters. The van der Waals surface area contributed by atoms with E-state index < -0.39 is 0 Å². The zero-order valence-corrected chi connectivity index (χ0v) is 9.58. The van der Waals surface area contributed by atoms with Gasteiger partial charge in [0, 0.05) is 25.5 Å². The number of carbonyl (C=O) groups excluding carboxylic acids is 2. The molecule has 0 radical (unpaired) electrons. The van der Waals surface area contributed by atoms with Crippen molar-refractivity contribution < 1.29 is 14.3 Å². The second-order valence-electron chi connectivity index (χ2n) is 3.37. The lowest BCUT2D eigenvalue weighted by molar-refractivity contribution is -0.120. The number of carbonyl (C=O) groups is 2. The molecular weight excluding hydrogens is 224 g/mol. The molecule has 7 heteroatoms. The minimum absolute atomic E-state index is 0.0819. The Morgan fingerprint density at radius 2 is 2.24 bits per heavy atom. The summed E-state index contributed by atoms with van der Waals surface area (Å²) < 4.78 is 4.77. The van der Waals surface area contributed by atoms with E-state index in [1.54, 1.807) is 7.11 Å². The largest absolute Gasteiger partial charge is 0.397 e. The van der Waals surface area contributed by atoms with Gasteiger partial charge in [0.2, 0.25) is 5.91 Å². The first kappa shape index (κ1) is 13.0. The van der Waals surface area contributed by atoms with Crippen molar-refractivity contribution in [1.29, 1.82) is 0 Å². The van der Waals surface area contributed by atoms with E-state index in [0.29, 0.717) is 24.5 Å². The van der Waals surface area contributed by atoms with Gasteiger partial charge in [-0.05, 0) is 6.07 Å². The van der Waals surface area contributed by atoms with Gasteiger partial charge in [-0.15, -0.1) is 0 Å². The molecule has 0 fully saturated rings. The number of H-pyrrole nitrogens is 1. The van der Waals surface area contributed by atoms with Crippen molar-refractivity contribution in [2.75, 3.05) is 32.5 Å². The van der Waals surface area contributed by atoms with E-state index in [0.717, 1.165) is 0 Å². The number of rotatable bonds is 6. The zero-order valence-electron chi connectivity index (χ0n) is 9.58. The Balaban J connectivity index is 2.26. The van der Waals surface area contributed by atoms with Crippen molar-refractivity contribution >= 4 is 17.5 Å². The normalized spacial score (nSPS) is 9.94. The number of hydrogen-bond donors (Lipinski definition) is 4. The van der Waals surface area contributed by atoms with Crippen LogP contribution in [0.5, 0.6) is 0 Å². The highest BCUT2D eigenvalue weighted by Gasteiger charge is 2.08. The van der Waals surface area contributed by atoms with Crippen LogP contribution in [0, 0.1) is 0 Å². The summed E-state index contributed by atoms with van der Waals surface area (Å²) in [5.74, 6) is -0.640. The number of aromatic amines is 1. The first-order chi connectivity index (χ1) is 8.13. The predicted octanol–water partition coefficient (Wildman–Crippen LogP) is -0.911. The highest BCUT2D eigenvalue weighted by atomic mass is 16.5. The SMILES string of the molecule is COCCNC(=O)CNC(=O)c1cc(N)c[nH]1. The van der Waals surface area contributed by atoms with Crippen molar-refractivity contribution in [3.05, 3.63) is 18.0 Å². The van der Waals surface area contributed by atoms with Crippen molar-refractivity contribution in [3.8, 4) is 0 Å². The third kappa shape index (κ3) is 4.56. The first-order valence-corrected chi connectivity index (χ1v) is 5.11. The van der Waals surface area contributed by atoms with Gasteiger partial charge in [-0.3, -0.25) is 9.59 Å². The van der Waals surface area contributed by atoms with Crippen LogP contribution in [-0.4, -0.2) is 43.6 Å². The Bertz CT molecular complexity index is 389. The lowest BCUT2D eigenvalue weighted by Crippen LogP contribution is -2.38. The molecule has 17 heavy (non-hydrogen) atoms. The molecular formula is C10H16N4O3. The van der Waals surface area contributed by atoms with E-state index in [4.69, 9.17) is 10.5 Å². The van der Waals surface area contributed by atoms with Crippen molar-refractivity contribution in [2.24, 2.45) is 0 Å². The molecule has 0 aliphatic rings. The molecule has 7 nitrogen and oxygen atoms in total. The van der Waals surface area contributed by atoms with E-state index in [9.17, 15) is 9.59 Å². The summed E-state index contributed by atoms with van der Waals surface area (Å²) in [7, 11) is 1.55. The van der Waals surface area contributed by atoms with Gasteiger partial charge in [-0.1, -0.05) is 0 Å². The molecule has 1 heterocycles. The van der Waals surface area contributed by atoms with E-state index in [1.807, 2.05) is 0 Å². The number of nitrogens with two attached hydrogens (primary N) is 1.